The molecule has 0 saturated heterocycles. The van der Waals surface area contributed by atoms with Gasteiger partial charge in [0.1, 0.15) is 18.0 Å². The molecule has 0 aliphatic heterocycles. The van der Waals surface area contributed by atoms with Crippen molar-refractivity contribution < 1.29 is 18.0 Å². The first-order chi connectivity index (χ1) is 15.9. The van der Waals surface area contributed by atoms with Crippen molar-refractivity contribution >= 4 is 40.4 Å². The van der Waals surface area contributed by atoms with E-state index in [1.54, 1.807) is 10.9 Å². The molecule has 2 heterocycles. The first-order valence-electron chi connectivity index (χ1n) is 12.4. The zero-order chi connectivity index (χ0) is 25.4. The van der Waals surface area contributed by atoms with E-state index < -0.39 is 35.9 Å². The van der Waals surface area contributed by atoms with E-state index >= 15 is 4.39 Å². The highest BCUT2D eigenvalue weighted by Gasteiger charge is 2.52. The maximum absolute atomic E-state index is 16.2. The third-order valence-electron chi connectivity index (χ3n) is 7.16. The minimum atomic E-state index is -3.19. The van der Waals surface area contributed by atoms with Crippen molar-refractivity contribution in [3.05, 3.63) is 17.8 Å². The van der Waals surface area contributed by atoms with Gasteiger partial charge in [0.25, 0.3) is 0 Å². The molecule has 1 aliphatic carbocycles. The second-order valence-electron chi connectivity index (χ2n) is 10.9. The molecule has 34 heavy (non-hydrogen) atoms. The summed E-state index contributed by atoms with van der Waals surface area (Å²) in [5, 5.41) is 0.244. The number of fused-ring (bicyclic) bond motifs is 1. The van der Waals surface area contributed by atoms with Crippen molar-refractivity contribution in [1.82, 2.24) is 19.5 Å². The van der Waals surface area contributed by atoms with E-state index in [1.807, 2.05) is 27.7 Å². The molecule has 7 nitrogen and oxygen atoms in total. The largest absolute Gasteiger partial charge is 0.419 e. The standard InChI is InChI=1S/C23H40ClFN4O3Si2/c1-13(2)33(14(3)4)31-10-17-9-18(29-12-28-20-22(24)26-11-27-23(20)29)19(25)21(17)32-34(30,15(5)6)16(7)8/h11-19,21,30,33H,9-10H2,1-8H3/t17-,18-,19+,21-/m1/s1. The first-order valence-corrected chi connectivity index (χ1v) is 16.6. The van der Waals surface area contributed by atoms with Crippen molar-refractivity contribution in [3.63, 3.8) is 0 Å². The van der Waals surface area contributed by atoms with Crippen LogP contribution in [0.3, 0.4) is 0 Å². The van der Waals surface area contributed by atoms with Gasteiger partial charge in [0.2, 0.25) is 0 Å². The van der Waals surface area contributed by atoms with Crippen LogP contribution in [0.4, 0.5) is 4.39 Å². The fraction of sp³-hybridized carbons (Fsp3) is 0.783. The summed E-state index contributed by atoms with van der Waals surface area (Å²) in [5.74, 6) is -0.182. The molecular weight excluding hydrogens is 491 g/mol. The van der Waals surface area contributed by atoms with Crippen molar-refractivity contribution in [2.75, 3.05) is 6.61 Å². The molecule has 0 aromatic carbocycles. The quantitative estimate of drug-likeness (QED) is 0.319. The lowest BCUT2D eigenvalue weighted by molar-refractivity contribution is 0.0312. The molecule has 0 radical (unpaired) electrons. The zero-order valence-electron chi connectivity index (χ0n) is 21.6. The molecule has 11 heteroatoms. The second-order valence-corrected chi connectivity index (χ2v) is 19.3. The summed E-state index contributed by atoms with van der Waals surface area (Å²) in [6, 6.07) is -0.537. The number of aromatic nitrogens is 4. The summed E-state index contributed by atoms with van der Waals surface area (Å²) < 4.78 is 30.9. The number of hydrogen-bond donors (Lipinski definition) is 1. The summed E-state index contributed by atoms with van der Waals surface area (Å²) >= 11 is 6.18. The molecule has 2 aromatic heterocycles. The Morgan fingerprint density at radius 1 is 1.12 bits per heavy atom. The first kappa shape index (κ1) is 27.7. The lowest BCUT2D eigenvalue weighted by Crippen LogP contribution is -2.51. The van der Waals surface area contributed by atoms with Gasteiger partial charge in [-0.2, -0.15) is 0 Å². The lowest BCUT2D eigenvalue weighted by atomic mass is 10.1. The number of halogens is 2. The van der Waals surface area contributed by atoms with Gasteiger partial charge in [0.05, 0.1) is 18.5 Å². The average molecular weight is 531 g/mol. The Kier molecular flexibility index (Phi) is 8.95. The van der Waals surface area contributed by atoms with Gasteiger partial charge in [-0.05, 0) is 28.6 Å². The van der Waals surface area contributed by atoms with Crippen LogP contribution in [-0.4, -0.2) is 60.8 Å². The van der Waals surface area contributed by atoms with Crippen LogP contribution in [0, 0.1) is 5.92 Å². The van der Waals surface area contributed by atoms with E-state index in [0.29, 0.717) is 35.3 Å². The van der Waals surface area contributed by atoms with Gasteiger partial charge in [0, 0.05) is 12.5 Å². The molecule has 4 atom stereocenters. The number of nitrogens with zero attached hydrogens (tertiary/aromatic N) is 4. The lowest BCUT2D eigenvalue weighted by Gasteiger charge is -2.37. The maximum atomic E-state index is 16.2. The van der Waals surface area contributed by atoms with Crippen molar-refractivity contribution in [1.29, 1.82) is 0 Å². The third-order valence-corrected chi connectivity index (χ3v) is 14.6. The summed E-state index contributed by atoms with van der Waals surface area (Å²) in [6.45, 7) is 17.1. The van der Waals surface area contributed by atoms with Crippen LogP contribution in [0.2, 0.25) is 27.3 Å². The van der Waals surface area contributed by atoms with E-state index in [-0.39, 0.29) is 22.2 Å². The average Bonchev–Trinajstić information content (AvgIpc) is 3.30. The summed E-state index contributed by atoms with van der Waals surface area (Å²) in [7, 11) is -4.68. The SMILES string of the molecule is CC(C)[SiH](OC[C@H]1C[C@@H](n2cnc3c(Cl)ncnc32)[C@H](F)[C@@H]1O[Si](O)(C(C)C)C(C)C)C(C)C. The molecule has 1 fully saturated rings. The summed E-state index contributed by atoms with van der Waals surface area (Å²) in [4.78, 5) is 24.1. The van der Waals surface area contributed by atoms with E-state index in [4.69, 9.17) is 20.5 Å². The van der Waals surface area contributed by atoms with E-state index in [0.717, 1.165) is 0 Å². The number of hydrogen-bond acceptors (Lipinski definition) is 6. The zero-order valence-corrected chi connectivity index (χ0v) is 24.5. The van der Waals surface area contributed by atoms with Crippen molar-refractivity contribution in [3.8, 4) is 0 Å². The van der Waals surface area contributed by atoms with Crippen LogP contribution in [0.25, 0.3) is 11.2 Å². The van der Waals surface area contributed by atoms with Crippen molar-refractivity contribution in [2.45, 2.75) is 102 Å². The van der Waals surface area contributed by atoms with Gasteiger partial charge in [-0.3, -0.25) is 0 Å². The van der Waals surface area contributed by atoms with Gasteiger partial charge >= 0.3 is 8.56 Å². The van der Waals surface area contributed by atoms with Gasteiger partial charge in [-0.1, -0.05) is 67.0 Å². The van der Waals surface area contributed by atoms with E-state index in [9.17, 15) is 4.80 Å². The highest BCUT2D eigenvalue weighted by Crippen LogP contribution is 2.44. The predicted molar refractivity (Wildman–Crippen MR) is 139 cm³/mol. The Morgan fingerprint density at radius 2 is 1.74 bits per heavy atom. The molecule has 192 valence electrons. The summed E-state index contributed by atoms with van der Waals surface area (Å²) in [6.07, 6.45) is 1.36. The number of rotatable bonds is 10. The second kappa shape index (κ2) is 11.0. The Bertz CT molecular complexity index is 945. The van der Waals surface area contributed by atoms with Crippen molar-refractivity contribution in [2.24, 2.45) is 5.92 Å². The van der Waals surface area contributed by atoms with Crippen LogP contribution >= 0.6 is 11.6 Å². The molecule has 0 unspecified atom stereocenters. The highest BCUT2D eigenvalue weighted by atomic mass is 35.5. The smallest absolute Gasteiger partial charge is 0.341 e. The highest BCUT2D eigenvalue weighted by molar-refractivity contribution is 6.68. The van der Waals surface area contributed by atoms with E-state index in [2.05, 4.69) is 42.6 Å². The van der Waals surface area contributed by atoms with Gasteiger partial charge in [0.15, 0.2) is 19.8 Å². The van der Waals surface area contributed by atoms with Gasteiger partial charge in [-0.25, -0.2) is 19.3 Å². The molecular formula is C23H40ClFN4O3Si2. The molecule has 1 aliphatic rings. The van der Waals surface area contributed by atoms with Crippen LogP contribution in [-0.2, 0) is 8.85 Å². The van der Waals surface area contributed by atoms with Crippen LogP contribution in [0.1, 0.15) is 67.9 Å². The fourth-order valence-electron chi connectivity index (χ4n) is 5.26. The minimum Gasteiger partial charge on any atom is -0.419 e. The Morgan fingerprint density at radius 3 is 2.29 bits per heavy atom. The maximum Gasteiger partial charge on any atom is 0.341 e. The predicted octanol–water partition coefficient (Wildman–Crippen LogP) is 5.58. The number of alkyl halides is 1. The van der Waals surface area contributed by atoms with Crippen LogP contribution in [0.15, 0.2) is 12.7 Å². The molecule has 0 amide bonds. The van der Waals surface area contributed by atoms with Crippen LogP contribution < -0.4 is 0 Å². The Labute approximate surface area is 210 Å². The Hall–Kier alpha value is -0.916. The molecule has 3 rings (SSSR count). The Balaban J connectivity index is 1.94. The molecule has 0 bridgehead atoms. The monoisotopic (exact) mass is 530 g/mol. The third kappa shape index (κ3) is 5.41. The molecule has 2 aromatic rings. The van der Waals surface area contributed by atoms with Gasteiger partial charge in [-0.15, -0.1) is 0 Å². The molecule has 1 N–H and O–H groups in total. The van der Waals surface area contributed by atoms with E-state index in [1.165, 1.54) is 6.33 Å². The fourth-order valence-corrected chi connectivity index (χ4v) is 10.8. The molecule has 0 spiro atoms. The molecule has 1 saturated carbocycles. The van der Waals surface area contributed by atoms with Crippen LogP contribution in [0.5, 0.6) is 0 Å². The normalized spacial score (nSPS) is 24.1. The minimum absolute atomic E-state index is 0.0607. The summed E-state index contributed by atoms with van der Waals surface area (Å²) in [5.41, 5.74) is 1.79. The topological polar surface area (TPSA) is 82.3 Å². The number of imidazole rings is 1. The van der Waals surface area contributed by atoms with Gasteiger partial charge < -0.3 is 18.2 Å².